The molecule has 12 heteroatoms. The predicted octanol–water partition coefficient (Wildman–Crippen LogP) is 3.48. The van der Waals surface area contributed by atoms with Gasteiger partial charge in [-0.15, -0.1) is 10.2 Å². The number of benzene rings is 2. The fourth-order valence-corrected chi connectivity index (χ4v) is 5.96. The van der Waals surface area contributed by atoms with Crippen molar-refractivity contribution in [2.45, 2.75) is 18.7 Å². The van der Waals surface area contributed by atoms with Crippen molar-refractivity contribution >= 4 is 15.8 Å². The Morgan fingerprint density at radius 3 is 1.97 bits per heavy atom. The number of sulfonamides is 1. The minimum atomic E-state index is -3.79. The second-order valence-electron chi connectivity index (χ2n) is 8.56. The van der Waals surface area contributed by atoms with E-state index in [2.05, 4.69) is 10.2 Å². The van der Waals surface area contributed by atoms with Crippen LogP contribution in [0.25, 0.3) is 11.3 Å². The van der Waals surface area contributed by atoms with Gasteiger partial charge in [-0.2, -0.15) is 4.31 Å². The van der Waals surface area contributed by atoms with E-state index in [1.807, 2.05) is 43.0 Å². The van der Waals surface area contributed by atoms with Crippen LogP contribution in [-0.2, 0) is 10.0 Å². The molecule has 0 atom stereocenters. The van der Waals surface area contributed by atoms with Gasteiger partial charge in [0.2, 0.25) is 15.8 Å². The zero-order valence-corrected chi connectivity index (χ0v) is 23.7. The van der Waals surface area contributed by atoms with Crippen LogP contribution in [0.15, 0.2) is 47.4 Å². The van der Waals surface area contributed by atoms with E-state index in [0.717, 1.165) is 5.56 Å². The molecule has 0 aliphatic carbocycles. The summed E-state index contributed by atoms with van der Waals surface area (Å²) in [5, 5.41) is 8.81. The van der Waals surface area contributed by atoms with Gasteiger partial charge in [0.15, 0.2) is 17.3 Å². The first-order chi connectivity index (χ1) is 18.9. The molecule has 1 aliphatic rings. The monoisotopic (exact) mass is 558 g/mol. The van der Waals surface area contributed by atoms with Crippen LogP contribution in [0.3, 0.4) is 0 Å². The Balaban J connectivity index is 1.49. The van der Waals surface area contributed by atoms with E-state index >= 15 is 0 Å². The van der Waals surface area contributed by atoms with E-state index in [1.54, 1.807) is 33.5 Å². The summed E-state index contributed by atoms with van der Waals surface area (Å²) in [5.74, 6) is 3.01. The Morgan fingerprint density at radius 1 is 0.769 bits per heavy atom. The van der Waals surface area contributed by atoms with Crippen molar-refractivity contribution in [3.63, 3.8) is 0 Å². The van der Waals surface area contributed by atoms with Crippen molar-refractivity contribution in [1.82, 2.24) is 14.5 Å². The number of aromatic nitrogens is 2. The van der Waals surface area contributed by atoms with E-state index < -0.39 is 10.0 Å². The highest BCUT2D eigenvalue weighted by Crippen LogP contribution is 2.41. The maximum Gasteiger partial charge on any atom is 0.247 e. The Bertz CT molecular complexity index is 1350. The highest BCUT2D eigenvalue weighted by molar-refractivity contribution is 7.89. The normalized spacial score (nSPS) is 14.1. The van der Waals surface area contributed by atoms with E-state index in [1.165, 1.54) is 10.4 Å². The summed E-state index contributed by atoms with van der Waals surface area (Å²) < 4.78 is 56.0. The van der Waals surface area contributed by atoms with E-state index in [-0.39, 0.29) is 4.90 Å². The Kier molecular flexibility index (Phi) is 8.97. The molecule has 210 valence electrons. The molecule has 0 radical (unpaired) electrons. The van der Waals surface area contributed by atoms with E-state index in [9.17, 15) is 8.42 Å². The number of ether oxygens (including phenoxy) is 5. The predicted molar refractivity (Wildman–Crippen MR) is 147 cm³/mol. The van der Waals surface area contributed by atoms with Crippen LogP contribution in [0, 0.1) is 0 Å². The average molecular weight is 559 g/mol. The molecule has 39 heavy (non-hydrogen) atoms. The summed E-state index contributed by atoms with van der Waals surface area (Å²) >= 11 is 0. The Hall–Kier alpha value is -3.77. The van der Waals surface area contributed by atoms with Crippen LogP contribution in [-0.4, -0.2) is 83.6 Å². The summed E-state index contributed by atoms with van der Waals surface area (Å²) in [5.41, 5.74) is 1.40. The van der Waals surface area contributed by atoms with Crippen molar-refractivity contribution in [3.05, 3.63) is 42.5 Å². The third-order valence-electron chi connectivity index (χ3n) is 6.32. The summed E-state index contributed by atoms with van der Waals surface area (Å²) in [6.45, 7) is 5.98. The number of methoxy groups -OCH3 is 3. The molecule has 0 N–H and O–H groups in total. The van der Waals surface area contributed by atoms with Gasteiger partial charge in [0, 0.05) is 37.8 Å². The first-order valence-electron chi connectivity index (χ1n) is 12.6. The Labute approximate surface area is 229 Å². The number of nitrogens with zero attached hydrogens (tertiary/aromatic N) is 4. The van der Waals surface area contributed by atoms with Gasteiger partial charge in [-0.1, -0.05) is 0 Å². The summed E-state index contributed by atoms with van der Waals surface area (Å²) in [6.07, 6.45) is 0. The van der Waals surface area contributed by atoms with Crippen molar-refractivity contribution in [2.75, 3.05) is 65.6 Å². The van der Waals surface area contributed by atoms with Crippen LogP contribution in [0.2, 0.25) is 0 Å². The Morgan fingerprint density at radius 2 is 1.44 bits per heavy atom. The molecule has 1 saturated heterocycles. The topological polar surface area (TPSA) is 113 Å². The van der Waals surface area contributed by atoms with Gasteiger partial charge < -0.3 is 28.6 Å². The highest BCUT2D eigenvalue weighted by Gasteiger charge is 2.32. The van der Waals surface area contributed by atoms with Crippen molar-refractivity contribution in [2.24, 2.45) is 0 Å². The zero-order chi connectivity index (χ0) is 28.0. The van der Waals surface area contributed by atoms with Gasteiger partial charge in [-0.3, -0.25) is 0 Å². The fourth-order valence-electron chi connectivity index (χ4n) is 4.39. The number of hydrogen-bond donors (Lipinski definition) is 0. The van der Waals surface area contributed by atoms with Crippen molar-refractivity contribution < 1.29 is 32.1 Å². The molecule has 11 nitrogen and oxygen atoms in total. The van der Waals surface area contributed by atoms with E-state index in [4.69, 9.17) is 23.7 Å². The maximum absolute atomic E-state index is 13.5. The van der Waals surface area contributed by atoms with Gasteiger partial charge in [0.05, 0.1) is 40.2 Å². The molecule has 1 aliphatic heterocycles. The quantitative estimate of drug-likeness (QED) is 0.347. The lowest BCUT2D eigenvalue weighted by Crippen LogP contribution is -2.49. The minimum Gasteiger partial charge on any atom is -0.494 e. The number of piperazine rings is 1. The van der Waals surface area contributed by atoms with Crippen LogP contribution in [0.5, 0.6) is 28.7 Å². The van der Waals surface area contributed by atoms with Gasteiger partial charge in [0.25, 0.3) is 0 Å². The molecule has 1 aromatic heterocycles. The molecule has 0 bridgehead atoms. The van der Waals surface area contributed by atoms with Gasteiger partial charge in [-0.05, 0) is 50.2 Å². The third kappa shape index (κ3) is 5.96. The minimum absolute atomic E-state index is 0.109. The number of rotatable bonds is 11. The first kappa shape index (κ1) is 28.2. The average Bonchev–Trinajstić information content (AvgIpc) is 2.97. The summed E-state index contributed by atoms with van der Waals surface area (Å²) in [7, 11) is 0.877. The molecule has 2 heterocycles. The van der Waals surface area contributed by atoms with Crippen molar-refractivity contribution in [3.8, 4) is 40.0 Å². The summed E-state index contributed by atoms with van der Waals surface area (Å²) in [4.78, 5) is 2.12. The zero-order valence-electron chi connectivity index (χ0n) is 22.8. The molecular weight excluding hydrogens is 524 g/mol. The van der Waals surface area contributed by atoms with Gasteiger partial charge in [-0.25, -0.2) is 8.42 Å². The fraction of sp³-hybridized carbons (Fsp3) is 0.407. The van der Waals surface area contributed by atoms with Crippen LogP contribution < -0.4 is 28.6 Å². The molecule has 1 fully saturated rings. The largest absolute Gasteiger partial charge is 0.494 e. The molecule has 0 spiro atoms. The number of anilines is 1. The van der Waals surface area contributed by atoms with Crippen LogP contribution in [0.4, 0.5) is 5.82 Å². The maximum atomic E-state index is 13.5. The van der Waals surface area contributed by atoms with Crippen LogP contribution >= 0.6 is 0 Å². The van der Waals surface area contributed by atoms with E-state index in [0.29, 0.717) is 79.7 Å². The molecule has 0 unspecified atom stereocenters. The molecule has 4 rings (SSSR count). The molecular formula is C27H34N4O7S. The standard InChI is InChI=1S/C27H34N4O7S/c1-6-37-20-8-10-22(38-7-2)25(18-20)39(32,33)31-14-12-30(13-15-31)26-11-9-21(28-29-26)19-16-23(34-3)27(36-5)24(17-19)35-4/h8-11,16-18H,6-7,12-15H2,1-5H3. The molecule has 3 aromatic rings. The SMILES string of the molecule is CCOc1ccc(OCC)c(S(=O)(=O)N2CCN(c3ccc(-c4cc(OC)c(OC)c(OC)c4)nn3)CC2)c1. The second kappa shape index (κ2) is 12.4. The van der Waals surface area contributed by atoms with Crippen LogP contribution in [0.1, 0.15) is 13.8 Å². The molecule has 0 amide bonds. The molecule has 2 aromatic carbocycles. The molecule has 0 saturated carbocycles. The smallest absolute Gasteiger partial charge is 0.247 e. The number of hydrogen-bond acceptors (Lipinski definition) is 10. The first-order valence-corrected chi connectivity index (χ1v) is 14.1. The lowest BCUT2D eigenvalue weighted by atomic mass is 10.1. The lowest BCUT2D eigenvalue weighted by molar-refractivity contribution is 0.319. The van der Waals surface area contributed by atoms with Gasteiger partial charge >= 0.3 is 0 Å². The van der Waals surface area contributed by atoms with Gasteiger partial charge in [0.1, 0.15) is 16.4 Å². The van der Waals surface area contributed by atoms with Crippen molar-refractivity contribution in [1.29, 1.82) is 0 Å². The second-order valence-corrected chi connectivity index (χ2v) is 10.5. The highest BCUT2D eigenvalue weighted by atomic mass is 32.2. The summed E-state index contributed by atoms with van der Waals surface area (Å²) in [6, 6.07) is 12.2. The lowest BCUT2D eigenvalue weighted by Gasteiger charge is -2.34. The third-order valence-corrected chi connectivity index (χ3v) is 8.24.